The molecular weight excluding hydrogens is 247 g/mol. The lowest BCUT2D eigenvalue weighted by molar-refractivity contribution is 0.174. The van der Waals surface area contributed by atoms with Crippen LogP contribution in [0.15, 0.2) is 0 Å². The SMILES string of the molecule is CCCCCCCCCCCCC(C)OP(O)O. The molecule has 0 radical (unpaired) electrons. The summed E-state index contributed by atoms with van der Waals surface area (Å²) in [7, 11) is -2.18. The van der Waals surface area contributed by atoms with E-state index in [4.69, 9.17) is 14.3 Å². The zero-order chi connectivity index (χ0) is 13.6. The average molecular weight is 278 g/mol. The van der Waals surface area contributed by atoms with Gasteiger partial charge in [-0.15, -0.1) is 0 Å². The van der Waals surface area contributed by atoms with Gasteiger partial charge in [-0.25, -0.2) is 0 Å². The molecule has 0 rings (SSSR count). The fourth-order valence-electron chi connectivity index (χ4n) is 2.13. The maximum absolute atomic E-state index is 8.68. The second-order valence-electron chi connectivity index (χ2n) is 5.14. The molecule has 0 aromatic heterocycles. The molecule has 3 nitrogen and oxygen atoms in total. The normalized spacial score (nSPS) is 13.2. The first-order chi connectivity index (χ1) is 8.66. The molecule has 0 aromatic carbocycles. The Morgan fingerprint density at radius 1 is 0.833 bits per heavy atom. The first kappa shape index (κ1) is 18.3. The van der Waals surface area contributed by atoms with Gasteiger partial charge in [-0.1, -0.05) is 71.1 Å². The van der Waals surface area contributed by atoms with Crippen LogP contribution in [0, 0.1) is 0 Å². The first-order valence-electron chi connectivity index (χ1n) is 7.51. The van der Waals surface area contributed by atoms with E-state index in [1.54, 1.807) is 0 Å². The second-order valence-corrected chi connectivity index (χ2v) is 5.86. The van der Waals surface area contributed by atoms with Crippen LogP contribution in [-0.2, 0) is 4.52 Å². The molecule has 0 saturated carbocycles. The average Bonchev–Trinajstić information content (AvgIpc) is 2.30. The summed E-state index contributed by atoms with van der Waals surface area (Å²) >= 11 is 0. The van der Waals surface area contributed by atoms with Crippen LogP contribution >= 0.6 is 8.60 Å². The molecule has 110 valence electrons. The third-order valence-electron chi connectivity index (χ3n) is 3.24. The van der Waals surface area contributed by atoms with E-state index in [0.29, 0.717) is 0 Å². The highest BCUT2D eigenvalue weighted by Gasteiger charge is 2.07. The van der Waals surface area contributed by atoms with Gasteiger partial charge in [0.1, 0.15) is 0 Å². The van der Waals surface area contributed by atoms with E-state index in [1.165, 1.54) is 57.8 Å². The second kappa shape index (κ2) is 13.7. The largest absolute Gasteiger partial charge is 0.328 e. The Balaban J connectivity index is 3.07. The molecule has 0 aliphatic heterocycles. The minimum absolute atomic E-state index is 0.0276. The number of hydrogen-bond donors (Lipinski definition) is 2. The Morgan fingerprint density at radius 2 is 1.28 bits per heavy atom. The van der Waals surface area contributed by atoms with Gasteiger partial charge in [-0.05, 0) is 13.3 Å². The van der Waals surface area contributed by atoms with E-state index >= 15 is 0 Å². The van der Waals surface area contributed by atoms with Crippen molar-refractivity contribution in [2.45, 2.75) is 90.6 Å². The molecule has 0 heterocycles. The molecular formula is C14H31O3P. The summed E-state index contributed by atoms with van der Waals surface area (Å²) < 4.78 is 4.91. The van der Waals surface area contributed by atoms with E-state index in [2.05, 4.69) is 6.92 Å². The molecule has 0 amide bonds. The molecule has 1 atom stereocenters. The topological polar surface area (TPSA) is 49.7 Å². The van der Waals surface area contributed by atoms with Crippen molar-refractivity contribution in [3.05, 3.63) is 0 Å². The zero-order valence-electron chi connectivity index (χ0n) is 12.1. The Morgan fingerprint density at radius 3 is 1.72 bits per heavy atom. The van der Waals surface area contributed by atoms with Crippen LogP contribution in [0.5, 0.6) is 0 Å². The van der Waals surface area contributed by atoms with Crippen molar-refractivity contribution in [2.75, 3.05) is 0 Å². The summed E-state index contributed by atoms with van der Waals surface area (Å²) in [6.45, 7) is 4.15. The minimum Gasteiger partial charge on any atom is -0.328 e. The van der Waals surface area contributed by atoms with E-state index in [0.717, 1.165) is 12.8 Å². The van der Waals surface area contributed by atoms with E-state index in [-0.39, 0.29) is 6.10 Å². The predicted octanol–water partition coefficient (Wildman–Crippen LogP) is 4.91. The molecule has 0 fully saturated rings. The fourth-order valence-corrected chi connectivity index (χ4v) is 2.56. The Kier molecular flexibility index (Phi) is 14.0. The molecule has 0 saturated heterocycles. The van der Waals surface area contributed by atoms with Crippen LogP contribution in [0.1, 0.15) is 84.5 Å². The van der Waals surface area contributed by atoms with Crippen LogP contribution in [-0.4, -0.2) is 15.9 Å². The monoisotopic (exact) mass is 278 g/mol. The van der Waals surface area contributed by atoms with Gasteiger partial charge in [-0.2, -0.15) is 0 Å². The number of rotatable bonds is 13. The third-order valence-corrected chi connectivity index (χ3v) is 3.79. The van der Waals surface area contributed by atoms with Crippen LogP contribution < -0.4 is 0 Å². The molecule has 1 unspecified atom stereocenters. The van der Waals surface area contributed by atoms with Crippen molar-refractivity contribution in [1.82, 2.24) is 0 Å². The van der Waals surface area contributed by atoms with Gasteiger partial charge in [0.25, 0.3) is 0 Å². The summed E-state index contributed by atoms with van der Waals surface area (Å²) in [4.78, 5) is 17.4. The molecule has 2 N–H and O–H groups in total. The number of unbranched alkanes of at least 4 members (excludes halogenated alkanes) is 9. The maximum Gasteiger partial charge on any atom is 0.327 e. The van der Waals surface area contributed by atoms with Crippen molar-refractivity contribution in [2.24, 2.45) is 0 Å². The van der Waals surface area contributed by atoms with Gasteiger partial charge in [0, 0.05) is 0 Å². The van der Waals surface area contributed by atoms with Gasteiger partial charge in [0.15, 0.2) is 0 Å². The molecule has 0 aliphatic carbocycles. The smallest absolute Gasteiger partial charge is 0.327 e. The Labute approximate surface area is 114 Å². The lowest BCUT2D eigenvalue weighted by Gasteiger charge is -2.12. The summed E-state index contributed by atoms with van der Waals surface area (Å²) in [5, 5.41) is 0. The van der Waals surface area contributed by atoms with Gasteiger partial charge < -0.3 is 14.3 Å². The standard InChI is InChI=1S/C14H31O3P/c1-3-4-5-6-7-8-9-10-11-12-13-14(2)17-18(15)16/h14-16H,3-13H2,1-2H3. The summed E-state index contributed by atoms with van der Waals surface area (Å²) in [5.74, 6) is 0. The highest BCUT2D eigenvalue weighted by molar-refractivity contribution is 7.39. The Bertz CT molecular complexity index is 165. The van der Waals surface area contributed by atoms with Crippen molar-refractivity contribution in [3.8, 4) is 0 Å². The van der Waals surface area contributed by atoms with Crippen LogP contribution in [0.4, 0.5) is 0 Å². The maximum atomic E-state index is 8.68. The number of hydrogen-bond acceptors (Lipinski definition) is 3. The molecule has 0 aliphatic rings. The molecule has 0 aromatic rings. The molecule has 0 spiro atoms. The van der Waals surface area contributed by atoms with Gasteiger partial charge in [0.2, 0.25) is 0 Å². The van der Waals surface area contributed by atoms with Crippen molar-refractivity contribution >= 4 is 8.60 Å². The van der Waals surface area contributed by atoms with E-state index < -0.39 is 8.60 Å². The Hall–Kier alpha value is 0.310. The highest BCUT2D eigenvalue weighted by atomic mass is 31.2. The van der Waals surface area contributed by atoms with Gasteiger partial charge in [0.05, 0.1) is 6.10 Å². The lowest BCUT2D eigenvalue weighted by Crippen LogP contribution is -2.03. The lowest BCUT2D eigenvalue weighted by atomic mass is 10.1. The van der Waals surface area contributed by atoms with Crippen molar-refractivity contribution < 1.29 is 14.3 Å². The van der Waals surface area contributed by atoms with Crippen LogP contribution in [0.25, 0.3) is 0 Å². The van der Waals surface area contributed by atoms with Crippen molar-refractivity contribution in [1.29, 1.82) is 0 Å². The molecule has 0 bridgehead atoms. The highest BCUT2D eigenvalue weighted by Crippen LogP contribution is 2.28. The summed E-state index contributed by atoms with van der Waals surface area (Å²) in [6, 6.07) is 0. The van der Waals surface area contributed by atoms with Crippen LogP contribution in [0.3, 0.4) is 0 Å². The first-order valence-corrected chi connectivity index (χ1v) is 8.68. The quantitative estimate of drug-likeness (QED) is 0.371. The van der Waals surface area contributed by atoms with Gasteiger partial charge >= 0.3 is 8.60 Å². The summed E-state index contributed by atoms with van der Waals surface area (Å²) in [6.07, 6.45) is 14.2. The molecule has 4 heteroatoms. The van der Waals surface area contributed by atoms with Gasteiger partial charge in [-0.3, -0.25) is 0 Å². The van der Waals surface area contributed by atoms with E-state index in [9.17, 15) is 0 Å². The van der Waals surface area contributed by atoms with Crippen molar-refractivity contribution in [3.63, 3.8) is 0 Å². The van der Waals surface area contributed by atoms with Crippen LogP contribution in [0.2, 0.25) is 0 Å². The van der Waals surface area contributed by atoms with E-state index in [1.807, 2.05) is 6.92 Å². The zero-order valence-corrected chi connectivity index (χ0v) is 13.0. The minimum atomic E-state index is -2.18. The third kappa shape index (κ3) is 14.4. The molecule has 18 heavy (non-hydrogen) atoms. The summed E-state index contributed by atoms with van der Waals surface area (Å²) in [5.41, 5.74) is 0. The predicted molar refractivity (Wildman–Crippen MR) is 78.4 cm³/mol. The fraction of sp³-hybridized carbons (Fsp3) is 1.00.